The molecule has 0 atom stereocenters. The predicted molar refractivity (Wildman–Crippen MR) is 71.8 cm³/mol. The summed E-state index contributed by atoms with van der Waals surface area (Å²) in [6.45, 7) is 11.1. The van der Waals surface area contributed by atoms with Crippen molar-refractivity contribution in [3.8, 4) is 0 Å². The van der Waals surface area contributed by atoms with Crippen molar-refractivity contribution in [3.63, 3.8) is 0 Å². The van der Waals surface area contributed by atoms with Crippen LogP contribution in [0.4, 0.5) is 8.78 Å². The lowest BCUT2D eigenvalue weighted by molar-refractivity contribution is 0.377. The minimum absolute atomic E-state index is 0.0588. The minimum Gasteiger partial charge on any atom is -0.312 e. The molecule has 0 aliphatic rings. The van der Waals surface area contributed by atoms with Gasteiger partial charge in [0.05, 0.1) is 0 Å². The number of rotatable bonds is 4. The van der Waals surface area contributed by atoms with Crippen LogP contribution in [0.5, 0.6) is 0 Å². The van der Waals surface area contributed by atoms with Crippen LogP contribution in [0.25, 0.3) is 0 Å². The van der Waals surface area contributed by atoms with Crippen LogP contribution in [-0.2, 0) is 5.41 Å². The highest BCUT2D eigenvalue weighted by atomic mass is 19.1. The first kappa shape index (κ1) is 15.1. The molecule has 1 nitrogen and oxygen atoms in total. The summed E-state index contributed by atoms with van der Waals surface area (Å²) in [5.74, 6) is -1.02. The summed E-state index contributed by atoms with van der Waals surface area (Å²) in [6.07, 6.45) is 0.827. The van der Waals surface area contributed by atoms with E-state index in [4.69, 9.17) is 0 Å². The number of hydrogen-bond donors (Lipinski definition) is 1. The smallest absolute Gasteiger partial charge is 0.126 e. The molecule has 0 spiro atoms. The SMILES string of the molecule is CC(C)(C)NCCC(C)(C)c1cc(F)cc(F)c1. The van der Waals surface area contributed by atoms with E-state index >= 15 is 0 Å². The van der Waals surface area contributed by atoms with Crippen molar-refractivity contribution >= 4 is 0 Å². The first-order chi connectivity index (χ1) is 8.10. The fourth-order valence-corrected chi connectivity index (χ4v) is 1.84. The van der Waals surface area contributed by atoms with Crippen LogP contribution in [-0.4, -0.2) is 12.1 Å². The average Bonchev–Trinajstić information content (AvgIpc) is 2.13. The molecule has 0 aliphatic carbocycles. The highest BCUT2D eigenvalue weighted by Gasteiger charge is 2.22. The van der Waals surface area contributed by atoms with Gasteiger partial charge >= 0.3 is 0 Å². The molecule has 1 N–H and O–H groups in total. The lowest BCUT2D eigenvalue weighted by Crippen LogP contribution is -2.38. The molecule has 3 heteroatoms. The van der Waals surface area contributed by atoms with E-state index < -0.39 is 11.6 Å². The number of nitrogens with one attached hydrogen (secondary N) is 1. The molecule has 0 aliphatic heterocycles. The summed E-state index contributed by atoms with van der Waals surface area (Å²) < 4.78 is 26.4. The van der Waals surface area contributed by atoms with Gasteiger partial charge in [-0.2, -0.15) is 0 Å². The van der Waals surface area contributed by atoms with E-state index in [-0.39, 0.29) is 11.0 Å². The third-order valence-corrected chi connectivity index (χ3v) is 3.05. The molecule has 1 aromatic rings. The van der Waals surface area contributed by atoms with Gasteiger partial charge in [-0.3, -0.25) is 0 Å². The molecular weight excluding hydrogens is 232 g/mol. The van der Waals surface area contributed by atoms with Gasteiger partial charge in [-0.1, -0.05) is 13.8 Å². The third kappa shape index (κ3) is 4.73. The Labute approximate surface area is 109 Å². The second kappa shape index (κ2) is 5.35. The van der Waals surface area contributed by atoms with Crippen molar-refractivity contribution in [2.75, 3.05) is 6.54 Å². The summed E-state index contributed by atoms with van der Waals surface area (Å²) in [5, 5.41) is 3.39. The maximum absolute atomic E-state index is 13.2. The summed E-state index contributed by atoms with van der Waals surface area (Å²) in [4.78, 5) is 0. The van der Waals surface area contributed by atoms with Crippen molar-refractivity contribution in [3.05, 3.63) is 35.4 Å². The van der Waals surface area contributed by atoms with Crippen LogP contribution in [0.3, 0.4) is 0 Å². The van der Waals surface area contributed by atoms with Gasteiger partial charge in [-0.15, -0.1) is 0 Å². The van der Waals surface area contributed by atoms with E-state index in [9.17, 15) is 8.78 Å². The van der Waals surface area contributed by atoms with Crippen molar-refractivity contribution in [1.82, 2.24) is 5.32 Å². The molecule has 1 rings (SSSR count). The average molecular weight is 255 g/mol. The van der Waals surface area contributed by atoms with Gasteiger partial charge in [0.25, 0.3) is 0 Å². The maximum Gasteiger partial charge on any atom is 0.126 e. The molecular formula is C15H23F2N. The Kier molecular flexibility index (Phi) is 4.49. The van der Waals surface area contributed by atoms with Crippen molar-refractivity contribution < 1.29 is 8.78 Å². The monoisotopic (exact) mass is 255 g/mol. The van der Waals surface area contributed by atoms with Gasteiger partial charge < -0.3 is 5.32 Å². The molecule has 0 saturated heterocycles. The highest BCUT2D eigenvalue weighted by Crippen LogP contribution is 2.28. The molecule has 0 fully saturated rings. The zero-order chi connectivity index (χ0) is 14.0. The quantitative estimate of drug-likeness (QED) is 0.856. The number of benzene rings is 1. The molecule has 0 aromatic heterocycles. The predicted octanol–water partition coefficient (Wildman–Crippen LogP) is 4.02. The first-order valence-electron chi connectivity index (χ1n) is 6.32. The van der Waals surface area contributed by atoms with E-state index in [2.05, 4.69) is 26.1 Å². The van der Waals surface area contributed by atoms with E-state index in [0.717, 1.165) is 19.0 Å². The molecule has 0 unspecified atom stereocenters. The fraction of sp³-hybridized carbons (Fsp3) is 0.600. The first-order valence-corrected chi connectivity index (χ1v) is 6.32. The molecule has 1 aromatic carbocycles. The van der Waals surface area contributed by atoms with Gasteiger partial charge in [0, 0.05) is 11.6 Å². The number of hydrogen-bond acceptors (Lipinski definition) is 1. The van der Waals surface area contributed by atoms with Gasteiger partial charge in [-0.25, -0.2) is 8.78 Å². The van der Waals surface area contributed by atoms with Crippen LogP contribution in [0.15, 0.2) is 18.2 Å². The van der Waals surface area contributed by atoms with E-state index in [0.29, 0.717) is 5.56 Å². The lowest BCUT2D eigenvalue weighted by atomic mass is 9.81. The van der Waals surface area contributed by atoms with Crippen LogP contribution >= 0.6 is 0 Å². The Morgan fingerprint density at radius 3 is 1.89 bits per heavy atom. The summed E-state index contributed by atoms with van der Waals surface area (Å²) in [6, 6.07) is 3.74. The Hall–Kier alpha value is -0.960. The van der Waals surface area contributed by atoms with E-state index in [1.807, 2.05) is 13.8 Å². The Morgan fingerprint density at radius 1 is 0.944 bits per heavy atom. The van der Waals surface area contributed by atoms with Gasteiger partial charge in [0.15, 0.2) is 0 Å². The largest absolute Gasteiger partial charge is 0.312 e. The lowest BCUT2D eigenvalue weighted by Gasteiger charge is -2.28. The van der Waals surface area contributed by atoms with Crippen molar-refractivity contribution in [2.45, 2.75) is 52.0 Å². The minimum atomic E-state index is -0.512. The van der Waals surface area contributed by atoms with Crippen LogP contribution < -0.4 is 5.32 Å². The van der Waals surface area contributed by atoms with Crippen molar-refractivity contribution in [2.24, 2.45) is 0 Å². The van der Waals surface area contributed by atoms with Crippen LogP contribution in [0.2, 0.25) is 0 Å². The van der Waals surface area contributed by atoms with E-state index in [1.54, 1.807) is 0 Å². The Morgan fingerprint density at radius 2 is 1.44 bits per heavy atom. The zero-order valence-electron chi connectivity index (χ0n) is 11.9. The third-order valence-electron chi connectivity index (χ3n) is 3.05. The molecule has 102 valence electrons. The van der Waals surface area contributed by atoms with Gasteiger partial charge in [-0.05, 0) is 56.8 Å². The van der Waals surface area contributed by atoms with Crippen LogP contribution in [0.1, 0.15) is 46.6 Å². The molecule has 18 heavy (non-hydrogen) atoms. The summed E-state index contributed by atoms with van der Waals surface area (Å²) in [7, 11) is 0. The summed E-state index contributed by atoms with van der Waals surface area (Å²) in [5.41, 5.74) is 0.514. The second-order valence-electron chi connectivity index (χ2n) is 6.47. The molecule has 0 saturated carbocycles. The van der Waals surface area contributed by atoms with E-state index in [1.165, 1.54) is 12.1 Å². The molecule has 0 radical (unpaired) electrons. The van der Waals surface area contributed by atoms with Gasteiger partial charge in [0.1, 0.15) is 11.6 Å². The molecule has 0 amide bonds. The Bertz CT molecular complexity index is 385. The highest BCUT2D eigenvalue weighted by molar-refractivity contribution is 5.25. The fourth-order valence-electron chi connectivity index (χ4n) is 1.84. The van der Waals surface area contributed by atoms with Gasteiger partial charge in [0.2, 0.25) is 0 Å². The normalized spacial score (nSPS) is 12.8. The Balaban J connectivity index is 2.73. The molecule has 0 heterocycles. The summed E-state index contributed by atoms with van der Waals surface area (Å²) >= 11 is 0. The molecule has 0 bridgehead atoms. The number of halogens is 2. The standard InChI is InChI=1S/C15H23F2N/c1-14(2,3)18-7-6-15(4,5)11-8-12(16)10-13(17)9-11/h8-10,18H,6-7H2,1-5H3. The zero-order valence-corrected chi connectivity index (χ0v) is 11.9. The topological polar surface area (TPSA) is 12.0 Å². The second-order valence-corrected chi connectivity index (χ2v) is 6.47. The van der Waals surface area contributed by atoms with Crippen molar-refractivity contribution in [1.29, 1.82) is 0 Å². The van der Waals surface area contributed by atoms with Crippen LogP contribution in [0, 0.1) is 11.6 Å². The maximum atomic E-state index is 13.2.